The number of nitrogens with zero attached hydrogens (tertiary/aromatic N) is 1. The summed E-state index contributed by atoms with van der Waals surface area (Å²) in [6.45, 7) is 7.10. The van der Waals surface area contributed by atoms with Crippen molar-refractivity contribution in [3.63, 3.8) is 0 Å². The topological polar surface area (TPSA) is 21.7 Å². The fourth-order valence-corrected chi connectivity index (χ4v) is 3.33. The molecule has 0 amide bonds. The van der Waals surface area contributed by atoms with Crippen LogP contribution in [0.3, 0.4) is 0 Å². The summed E-state index contributed by atoms with van der Waals surface area (Å²) in [5.41, 5.74) is 5.57. The molecule has 0 fully saturated rings. The molecule has 0 radical (unpaired) electrons. The average molecular weight is 359 g/mol. The van der Waals surface area contributed by atoms with Crippen molar-refractivity contribution in [2.24, 2.45) is 0 Å². The zero-order valence-electron chi connectivity index (χ0n) is 16.2. The zero-order valence-corrected chi connectivity index (χ0v) is 16.2. The summed E-state index contributed by atoms with van der Waals surface area (Å²) in [4.78, 5) is 2.25. The molecule has 3 nitrogen and oxygen atoms in total. The molecule has 27 heavy (non-hydrogen) atoms. The van der Waals surface area contributed by atoms with Crippen LogP contribution in [0.25, 0.3) is 0 Å². The second-order valence-electron chi connectivity index (χ2n) is 7.08. The monoisotopic (exact) mass is 359 g/mol. The molecule has 4 rings (SSSR count). The summed E-state index contributed by atoms with van der Waals surface area (Å²) in [7, 11) is 0. The molecule has 3 aromatic carbocycles. The van der Waals surface area contributed by atoms with Gasteiger partial charge in [-0.1, -0.05) is 25.5 Å². The number of hydrogen-bond acceptors (Lipinski definition) is 3. The molecular weight excluding hydrogens is 334 g/mol. The van der Waals surface area contributed by atoms with E-state index in [0.29, 0.717) is 0 Å². The largest absolute Gasteiger partial charge is 0.494 e. The van der Waals surface area contributed by atoms with Gasteiger partial charge in [-0.05, 0) is 79.9 Å². The Balaban J connectivity index is 1.73. The second-order valence-corrected chi connectivity index (χ2v) is 7.08. The lowest BCUT2D eigenvalue weighted by atomic mass is 10.1. The number of unbranched alkanes of at least 4 members (excludes halogenated alkanes) is 1. The first kappa shape index (κ1) is 17.5. The number of ether oxygens (including phenoxy) is 2. The highest BCUT2D eigenvalue weighted by Gasteiger charge is 2.25. The van der Waals surface area contributed by atoms with E-state index in [0.717, 1.165) is 53.8 Å². The normalized spacial score (nSPS) is 12.2. The van der Waals surface area contributed by atoms with Crippen LogP contribution in [0, 0.1) is 13.8 Å². The molecule has 1 aliphatic rings. The predicted octanol–water partition coefficient (Wildman–Crippen LogP) is 7.06. The van der Waals surface area contributed by atoms with Crippen LogP contribution >= 0.6 is 0 Å². The third kappa shape index (κ3) is 3.50. The molecule has 0 saturated carbocycles. The van der Waals surface area contributed by atoms with Crippen LogP contribution in [0.1, 0.15) is 30.9 Å². The van der Waals surface area contributed by atoms with E-state index in [2.05, 4.69) is 74.2 Å². The van der Waals surface area contributed by atoms with Crippen LogP contribution in [0.15, 0.2) is 60.7 Å². The Kier molecular flexibility index (Phi) is 4.76. The summed E-state index contributed by atoms with van der Waals surface area (Å²) in [5, 5.41) is 0. The van der Waals surface area contributed by atoms with E-state index < -0.39 is 0 Å². The van der Waals surface area contributed by atoms with Gasteiger partial charge < -0.3 is 14.4 Å². The first-order valence-corrected chi connectivity index (χ1v) is 9.58. The summed E-state index contributed by atoms with van der Waals surface area (Å²) < 4.78 is 12.0. The fourth-order valence-electron chi connectivity index (χ4n) is 3.33. The molecule has 0 saturated heterocycles. The van der Waals surface area contributed by atoms with E-state index in [-0.39, 0.29) is 0 Å². The molecule has 0 N–H and O–H groups in total. The first-order valence-electron chi connectivity index (χ1n) is 9.58. The van der Waals surface area contributed by atoms with Crippen molar-refractivity contribution in [3.8, 4) is 17.2 Å². The van der Waals surface area contributed by atoms with Crippen molar-refractivity contribution >= 4 is 17.1 Å². The van der Waals surface area contributed by atoms with E-state index >= 15 is 0 Å². The van der Waals surface area contributed by atoms with Crippen molar-refractivity contribution < 1.29 is 9.47 Å². The Morgan fingerprint density at radius 2 is 1.41 bits per heavy atom. The van der Waals surface area contributed by atoms with Crippen LogP contribution < -0.4 is 14.4 Å². The SMILES string of the molecule is CCCCOc1ccc(N2c3ccc(C)cc3Oc3cc(C)ccc32)cc1. The second kappa shape index (κ2) is 7.36. The van der Waals surface area contributed by atoms with E-state index in [1.54, 1.807) is 0 Å². The van der Waals surface area contributed by atoms with Gasteiger partial charge in [-0.3, -0.25) is 0 Å². The maximum absolute atomic E-state index is 6.21. The van der Waals surface area contributed by atoms with Crippen LogP contribution in [0.4, 0.5) is 17.1 Å². The lowest BCUT2D eigenvalue weighted by Gasteiger charge is -2.33. The number of rotatable bonds is 5. The molecule has 3 heteroatoms. The maximum atomic E-state index is 6.21. The lowest BCUT2D eigenvalue weighted by Crippen LogP contribution is -2.16. The Morgan fingerprint density at radius 3 is 1.96 bits per heavy atom. The molecule has 0 aromatic heterocycles. The van der Waals surface area contributed by atoms with Gasteiger partial charge in [-0.15, -0.1) is 0 Å². The van der Waals surface area contributed by atoms with Gasteiger partial charge >= 0.3 is 0 Å². The van der Waals surface area contributed by atoms with Crippen molar-refractivity contribution in [3.05, 3.63) is 71.8 Å². The van der Waals surface area contributed by atoms with Crippen molar-refractivity contribution in [2.45, 2.75) is 33.6 Å². The molecule has 0 atom stereocenters. The van der Waals surface area contributed by atoms with Gasteiger partial charge in [0.15, 0.2) is 11.5 Å². The number of hydrogen-bond donors (Lipinski definition) is 0. The first-order chi connectivity index (χ1) is 13.2. The third-order valence-corrected chi connectivity index (χ3v) is 4.79. The fraction of sp³-hybridized carbons (Fsp3) is 0.250. The van der Waals surface area contributed by atoms with Gasteiger partial charge in [0.1, 0.15) is 5.75 Å². The highest BCUT2D eigenvalue weighted by Crippen LogP contribution is 2.50. The smallest absolute Gasteiger partial charge is 0.151 e. The Labute approximate surface area is 161 Å². The lowest BCUT2D eigenvalue weighted by molar-refractivity contribution is 0.309. The van der Waals surface area contributed by atoms with Crippen molar-refractivity contribution in [1.82, 2.24) is 0 Å². The molecule has 0 aliphatic carbocycles. The highest BCUT2D eigenvalue weighted by atomic mass is 16.5. The molecule has 3 aromatic rings. The standard InChI is InChI=1S/C24H25NO2/c1-4-5-14-26-20-10-8-19(9-11-20)25-21-12-6-17(2)15-23(21)27-24-16-18(3)7-13-22(24)25/h6-13,15-16H,4-5,14H2,1-3H3. The molecule has 0 bridgehead atoms. The van der Waals surface area contributed by atoms with Gasteiger partial charge in [0, 0.05) is 5.69 Å². The van der Waals surface area contributed by atoms with Crippen LogP contribution in [0.5, 0.6) is 17.2 Å². The summed E-state index contributed by atoms with van der Waals surface area (Å²) >= 11 is 0. The van der Waals surface area contributed by atoms with Crippen molar-refractivity contribution in [1.29, 1.82) is 0 Å². The average Bonchev–Trinajstić information content (AvgIpc) is 2.67. The minimum absolute atomic E-state index is 0.762. The number of anilines is 3. The van der Waals surface area contributed by atoms with Gasteiger partial charge in [0.05, 0.1) is 18.0 Å². The molecule has 138 valence electrons. The van der Waals surface area contributed by atoms with Crippen LogP contribution in [0.2, 0.25) is 0 Å². The number of benzene rings is 3. The van der Waals surface area contributed by atoms with Gasteiger partial charge in [-0.25, -0.2) is 0 Å². The zero-order chi connectivity index (χ0) is 18.8. The quantitative estimate of drug-likeness (QED) is 0.356. The van der Waals surface area contributed by atoms with Crippen molar-refractivity contribution in [2.75, 3.05) is 11.5 Å². The summed E-state index contributed by atoms with van der Waals surface area (Å²) in [6, 6.07) is 21.0. The van der Waals surface area contributed by atoms with Crippen LogP contribution in [-0.2, 0) is 0 Å². The van der Waals surface area contributed by atoms with Gasteiger partial charge in [0.2, 0.25) is 0 Å². The molecule has 0 unspecified atom stereocenters. The van der Waals surface area contributed by atoms with E-state index in [4.69, 9.17) is 9.47 Å². The molecule has 1 heterocycles. The Hall–Kier alpha value is -2.94. The minimum atomic E-state index is 0.762. The maximum Gasteiger partial charge on any atom is 0.151 e. The Bertz CT molecular complexity index is 896. The molecule has 1 aliphatic heterocycles. The summed E-state index contributed by atoms with van der Waals surface area (Å²) in [5.74, 6) is 2.68. The third-order valence-electron chi connectivity index (χ3n) is 4.79. The molecule has 0 spiro atoms. The van der Waals surface area contributed by atoms with Crippen LogP contribution in [-0.4, -0.2) is 6.61 Å². The highest BCUT2D eigenvalue weighted by molar-refractivity contribution is 5.86. The molecular formula is C24H25NO2. The van der Waals surface area contributed by atoms with Gasteiger partial charge in [-0.2, -0.15) is 0 Å². The van der Waals surface area contributed by atoms with Gasteiger partial charge in [0.25, 0.3) is 0 Å². The van der Waals surface area contributed by atoms with E-state index in [1.165, 1.54) is 11.1 Å². The summed E-state index contributed by atoms with van der Waals surface area (Å²) in [6.07, 6.45) is 2.21. The number of aryl methyl sites for hydroxylation is 2. The van der Waals surface area contributed by atoms with E-state index in [9.17, 15) is 0 Å². The predicted molar refractivity (Wildman–Crippen MR) is 111 cm³/mol. The minimum Gasteiger partial charge on any atom is -0.494 e. The van der Waals surface area contributed by atoms with E-state index in [1.807, 2.05) is 12.1 Å². The number of fused-ring (bicyclic) bond motifs is 2. The Morgan fingerprint density at radius 1 is 0.815 bits per heavy atom.